The largest absolute Gasteiger partial charge is 0.379 e. The van der Waals surface area contributed by atoms with Gasteiger partial charge in [0.05, 0.1) is 25.8 Å². The molecule has 0 aromatic heterocycles. The number of rotatable bonds is 3. The van der Waals surface area contributed by atoms with Crippen molar-refractivity contribution in [2.24, 2.45) is 0 Å². The summed E-state index contributed by atoms with van der Waals surface area (Å²) in [5, 5.41) is 5.61. The van der Waals surface area contributed by atoms with Crippen molar-refractivity contribution >= 4 is 17.5 Å². The van der Waals surface area contributed by atoms with Crippen molar-refractivity contribution < 1.29 is 23.1 Å². The zero-order valence-electron chi connectivity index (χ0n) is 15.7. The van der Waals surface area contributed by atoms with Crippen LogP contribution in [0.3, 0.4) is 0 Å². The number of amides is 2. The Morgan fingerprint density at radius 3 is 2.82 bits per heavy atom. The second kappa shape index (κ2) is 7.73. The van der Waals surface area contributed by atoms with Gasteiger partial charge < -0.3 is 15.0 Å². The standard InChI is InChI=1S/C19H24F2N4O3/c1-11-8-12-9-13(20)2-3-14(12)25(11)16(26)10-15-22-18(17(21)19(27)23-15)24-4-6-28-7-5-24/h2-3,9,11,15,17-18,22H,4-8,10H2,1H3,(H,23,27). The minimum absolute atomic E-state index is 0.0134. The fraction of sp³-hybridized carbons (Fsp3) is 0.579. The molecular formula is C19H24F2N4O3. The molecule has 1 aromatic rings. The van der Waals surface area contributed by atoms with E-state index in [1.165, 1.54) is 12.1 Å². The van der Waals surface area contributed by atoms with Crippen LogP contribution in [0.4, 0.5) is 14.5 Å². The maximum Gasteiger partial charge on any atom is 0.258 e. The molecule has 2 saturated heterocycles. The maximum absolute atomic E-state index is 14.4. The molecule has 2 amide bonds. The number of hydrogen-bond acceptors (Lipinski definition) is 5. The third kappa shape index (κ3) is 3.61. The quantitative estimate of drug-likeness (QED) is 0.783. The molecule has 2 N–H and O–H groups in total. The summed E-state index contributed by atoms with van der Waals surface area (Å²) in [5.41, 5.74) is 1.48. The van der Waals surface area contributed by atoms with E-state index < -0.39 is 24.4 Å². The highest BCUT2D eigenvalue weighted by Gasteiger charge is 2.41. The predicted octanol–water partition coefficient (Wildman–Crippen LogP) is 0.535. The highest BCUT2D eigenvalue weighted by Crippen LogP contribution is 2.33. The second-order valence-electron chi connectivity index (χ2n) is 7.52. The number of nitrogens with zero attached hydrogens (tertiary/aromatic N) is 2. The SMILES string of the molecule is CC1Cc2cc(F)ccc2N1C(=O)CC1NC(=O)C(F)C(N2CCOCC2)N1. The highest BCUT2D eigenvalue weighted by molar-refractivity contribution is 5.97. The van der Waals surface area contributed by atoms with Crippen LogP contribution in [0.15, 0.2) is 18.2 Å². The van der Waals surface area contributed by atoms with Crippen LogP contribution in [0.5, 0.6) is 0 Å². The molecule has 0 saturated carbocycles. The smallest absolute Gasteiger partial charge is 0.258 e. The summed E-state index contributed by atoms with van der Waals surface area (Å²) in [4.78, 5) is 28.5. The molecule has 0 spiro atoms. The normalized spacial score (nSPS) is 30.8. The number of ether oxygens (including phenoxy) is 1. The van der Waals surface area contributed by atoms with Crippen molar-refractivity contribution in [3.63, 3.8) is 0 Å². The van der Waals surface area contributed by atoms with Gasteiger partial charge in [-0.25, -0.2) is 8.78 Å². The number of halogens is 2. The summed E-state index contributed by atoms with van der Waals surface area (Å²) in [6.07, 6.45) is -2.60. The lowest BCUT2D eigenvalue weighted by Gasteiger charge is -2.41. The van der Waals surface area contributed by atoms with E-state index in [1.807, 2.05) is 11.8 Å². The van der Waals surface area contributed by atoms with Crippen LogP contribution in [-0.2, 0) is 20.7 Å². The number of morpholine rings is 1. The van der Waals surface area contributed by atoms with Crippen LogP contribution in [0, 0.1) is 5.82 Å². The van der Waals surface area contributed by atoms with Gasteiger partial charge in [0.15, 0.2) is 0 Å². The first-order valence-corrected chi connectivity index (χ1v) is 9.57. The molecule has 4 rings (SSSR count). The zero-order valence-corrected chi connectivity index (χ0v) is 15.7. The molecule has 28 heavy (non-hydrogen) atoms. The number of anilines is 1. The molecule has 4 unspecified atom stereocenters. The molecule has 2 fully saturated rings. The average molecular weight is 394 g/mol. The number of nitrogens with one attached hydrogen (secondary N) is 2. The van der Waals surface area contributed by atoms with Gasteiger partial charge in [0.2, 0.25) is 12.1 Å². The lowest BCUT2D eigenvalue weighted by atomic mass is 10.1. The monoisotopic (exact) mass is 394 g/mol. The van der Waals surface area contributed by atoms with E-state index in [9.17, 15) is 18.4 Å². The van der Waals surface area contributed by atoms with Gasteiger partial charge in [0.1, 0.15) is 12.0 Å². The van der Waals surface area contributed by atoms with Crippen molar-refractivity contribution in [1.29, 1.82) is 0 Å². The van der Waals surface area contributed by atoms with Crippen molar-refractivity contribution in [1.82, 2.24) is 15.5 Å². The Labute approximate surface area is 162 Å². The van der Waals surface area contributed by atoms with Crippen LogP contribution in [-0.4, -0.2) is 67.6 Å². The fourth-order valence-corrected chi connectivity index (χ4v) is 4.24. The van der Waals surface area contributed by atoms with Crippen LogP contribution in [0.1, 0.15) is 18.9 Å². The Morgan fingerprint density at radius 1 is 1.32 bits per heavy atom. The average Bonchev–Trinajstić information content (AvgIpc) is 3.00. The van der Waals surface area contributed by atoms with Gasteiger partial charge in [-0.3, -0.25) is 19.8 Å². The summed E-state index contributed by atoms with van der Waals surface area (Å²) < 4.78 is 33.2. The second-order valence-corrected chi connectivity index (χ2v) is 7.52. The first-order chi connectivity index (χ1) is 13.4. The first-order valence-electron chi connectivity index (χ1n) is 9.57. The molecule has 3 aliphatic heterocycles. The van der Waals surface area contributed by atoms with Gasteiger partial charge >= 0.3 is 0 Å². The van der Waals surface area contributed by atoms with Gasteiger partial charge in [0.25, 0.3) is 5.91 Å². The van der Waals surface area contributed by atoms with E-state index in [4.69, 9.17) is 4.74 Å². The third-order valence-corrected chi connectivity index (χ3v) is 5.56. The Hall–Kier alpha value is -2.10. The van der Waals surface area contributed by atoms with Crippen LogP contribution in [0.2, 0.25) is 0 Å². The number of carbonyl (C=O) groups is 2. The van der Waals surface area contributed by atoms with Gasteiger partial charge in [-0.15, -0.1) is 0 Å². The van der Waals surface area contributed by atoms with E-state index >= 15 is 0 Å². The number of carbonyl (C=O) groups excluding carboxylic acids is 2. The van der Waals surface area contributed by atoms with Crippen LogP contribution >= 0.6 is 0 Å². The van der Waals surface area contributed by atoms with Crippen LogP contribution in [0.25, 0.3) is 0 Å². The van der Waals surface area contributed by atoms with Crippen molar-refractivity contribution in [2.75, 3.05) is 31.2 Å². The van der Waals surface area contributed by atoms with E-state index in [-0.39, 0.29) is 24.2 Å². The molecule has 7 nitrogen and oxygen atoms in total. The Balaban J connectivity index is 1.46. The molecule has 152 valence electrons. The highest BCUT2D eigenvalue weighted by atomic mass is 19.1. The maximum atomic E-state index is 14.4. The minimum Gasteiger partial charge on any atom is -0.379 e. The third-order valence-electron chi connectivity index (χ3n) is 5.56. The van der Waals surface area contributed by atoms with E-state index in [2.05, 4.69) is 10.6 Å². The van der Waals surface area contributed by atoms with E-state index in [1.54, 1.807) is 11.0 Å². The predicted molar refractivity (Wildman–Crippen MR) is 97.8 cm³/mol. The molecule has 3 aliphatic rings. The van der Waals surface area contributed by atoms with Crippen molar-refractivity contribution in [3.05, 3.63) is 29.6 Å². The number of benzene rings is 1. The van der Waals surface area contributed by atoms with Gasteiger partial charge in [0, 0.05) is 24.8 Å². The molecule has 3 heterocycles. The van der Waals surface area contributed by atoms with Gasteiger partial charge in [-0.2, -0.15) is 0 Å². The first kappa shape index (κ1) is 19.2. The minimum atomic E-state index is -1.71. The summed E-state index contributed by atoms with van der Waals surface area (Å²) in [5.74, 6) is -1.25. The fourth-order valence-electron chi connectivity index (χ4n) is 4.24. The van der Waals surface area contributed by atoms with Crippen molar-refractivity contribution in [3.8, 4) is 0 Å². The van der Waals surface area contributed by atoms with E-state index in [0.717, 1.165) is 5.56 Å². The Bertz CT molecular complexity index is 772. The lowest BCUT2D eigenvalue weighted by molar-refractivity contribution is -0.137. The summed E-state index contributed by atoms with van der Waals surface area (Å²) in [6.45, 7) is 3.91. The molecule has 0 radical (unpaired) electrons. The topological polar surface area (TPSA) is 73.9 Å². The lowest BCUT2D eigenvalue weighted by Crippen LogP contribution is -2.69. The number of hydrogen-bond donors (Lipinski definition) is 2. The molecule has 0 bridgehead atoms. The molecule has 1 aromatic carbocycles. The molecule has 0 aliphatic carbocycles. The zero-order chi connectivity index (χ0) is 19.8. The number of fused-ring (bicyclic) bond motifs is 1. The van der Waals surface area contributed by atoms with Crippen molar-refractivity contribution in [2.45, 2.75) is 44.3 Å². The van der Waals surface area contributed by atoms with E-state index in [0.29, 0.717) is 38.4 Å². The number of alkyl halides is 1. The molecular weight excluding hydrogens is 370 g/mol. The van der Waals surface area contributed by atoms with Crippen LogP contribution < -0.4 is 15.5 Å². The summed E-state index contributed by atoms with van der Waals surface area (Å²) >= 11 is 0. The molecule has 4 atom stereocenters. The Kier molecular flexibility index (Phi) is 5.31. The van der Waals surface area contributed by atoms with Gasteiger partial charge in [-0.05, 0) is 37.1 Å². The van der Waals surface area contributed by atoms with Gasteiger partial charge in [-0.1, -0.05) is 0 Å². The molecule has 9 heteroatoms. The summed E-state index contributed by atoms with van der Waals surface area (Å²) in [6, 6.07) is 4.28. The summed E-state index contributed by atoms with van der Waals surface area (Å²) in [7, 11) is 0. The Morgan fingerprint density at radius 2 is 2.07 bits per heavy atom.